The van der Waals surface area contributed by atoms with E-state index in [9.17, 15) is 0 Å². The SMILES string of the molecule is CC(C)c1cccc(C(C)C)c1N1[CH]N(c2c(C(C)C)cccc2C(C)C)C=C1.[Ag+].[Cl-]. The molecule has 173 valence electrons. The van der Waals surface area contributed by atoms with Crippen molar-refractivity contribution in [3.63, 3.8) is 0 Å². The number of benzene rings is 2. The third-order valence-electron chi connectivity index (χ3n) is 5.84. The summed E-state index contributed by atoms with van der Waals surface area (Å²) in [5.74, 6) is 1.92. The summed E-state index contributed by atoms with van der Waals surface area (Å²) >= 11 is 0. The topological polar surface area (TPSA) is 6.48 Å². The summed E-state index contributed by atoms with van der Waals surface area (Å²) in [4.78, 5) is 4.65. The van der Waals surface area contributed by atoms with E-state index in [1.165, 1.54) is 33.6 Å². The molecule has 31 heavy (non-hydrogen) atoms. The molecule has 0 spiro atoms. The van der Waals surface area contributed by atoms with Crippen molar-refractivity contribution < 1.29 is 34.8 Å². The molecule has 0 amide bonds. The Bertz CT molecular complexity index is 763. The van der Waals surface area contributed by atoms with Crippen LogP contribution in [0.2, 0.25) is 0 Å². The van der Waals surface area contributed by atoms with Crippen molar-refractivity contribution in [2.24, 2.45) is 0 Å². The maximum atomic E-state index is 2.33. The molecule has 0 bridgehead atoms. The summed E-state index contributed by atoms with van der Waals surface area (Å²) in [7, 11) is 0. The molecule has 0 aliphatic carbocycles. The molecule has 0 saturated carbocycles. The first-order valence-electron chi connectivity index (χ1n) is 11.1. The fourth-order valence-corrected chi connectivity index (χ4v) is 4.24. The van der Waals surface area contributed by atoms with Crippen LogP contribution in [0.25, 0.3) is 0 Å². The van der Waals surface area contributed by atoms with E-state index < -0.39 is 0 Å². The van der Waals surface area contributed by atoms with E-state index in [4.69, 9.17) is 0 Å². The van der Waals surface area contributed by atoms with Crippen LogP contribution in [-0.4, -0.2) is 0 Å². The van der Waals surface area contributed by atoms with Crippen molar-refractivity contribution in [1.29, 1.82) is 0 Å². The molecule has 0 unspecified atom stereocenters. The molecule has 0 atom stereocenters. The van der Waals surface area contributed by atoms with Crippen molar-refractivity contribution >= 4 is 11.4 Å². The normalized spacial score (nSPS) is 13.4. The average Bonchev–Trinajstić information content (AvgIpc) is 3.15. The molecule has 4 heteroatoms. The van der Waals surface area contributed by atoms with Crippen LogP contribution in [0.5, 0.6) is 0 Å². The second-order valence-corrected chi connectivity index (χ2v) is 9.42. The van der Waals surface area contributed by atoms with Crippen LogP contribution >= 0.6 is 0 Å². The predicted octanol–water partition coefficient (Wildman–Crippen LogP) is 5.10. The molecule has 2 aromatic rings. The van der Waals surface area contributed by atoms with Gasteiger partial charge in [-0.3, -0.25) is 0 Å². The molecular weight excluding hydrogens is 496 g/mol. The van der Waals surface area contributed by atoms with Crippen LogP contribution in [-0.2, 0) is 22.4 Å². The fourth-order valence-electron chi connectivity index (χ4n) is 4.24. The van der Waals surface area contributed by atoms with Gasteiger partial charge in [-0.1, -0.05) is 91.8 Å². The zero-order valence-corrected chi connectivity index (χ0v) is 22.3. The van der Waals surface area contributed by atoms with Crippen LogP contribution in [0.4, 0.5) is 11.4 Å². The van der Waals surface area contributed by atoms with Gasteiger partial charge in [0.1, 0.15) is 0 Å². The van der Waals surface area contributed by atoms with Gasteiger partial charge in [0.15, 0.2) is 6.67 Å². The van der Waals surface area contributed by atoms with Gasteiger partial charge in [0.25, 0.3) is 0 Å². The van der Waals surface area contributed by atoms with E-state index in [-0.39, 0.29) is 34.8 Å². The molecule has 1 radical (unpaired) electrons. The van der Waals surface area contributed by atoms with Gasteiger partial charge in [-0.05, 0) is 45.9 Å². The number of hydrogen-bond donors (Lipinski definition) is 0. The average molecular weight is 533 g/mol. The Morgan fingerprint density at radius 3 is 1.00 bits per heavy atom. The Hall–Kier alpha value is -1.19. The monoisotopic (exact) mass is 531 g/mol. The van der Waals surface area contributed by atoms with Gasteiger partial charge < -0.3 is 22.2 Å². The first-order chi connectivity index (χ1) is 13.7. The molecule has 0 N–H and O–H groups in total. The van der Waals surface area contributed by atoms with Crippen molar-refractivity contribution in [1.82, 2.24) is 0 Å². The standard InChI is InChI=1S/C27H37N2.Ag.ClH/c1-18(2)22-11-9-12-23(19(3)4)26(22)28-15-16-29(17-28)27-24(20(5)6)13-10-14-25(27)21(7)8;;/h9-21H,1-8H3;;1H/q;+1;/p-1. The number of rotatable bonds is 6. The molecule has 1 aliphatic heterocycles. The van der Waals surface area contributed by atoms with Gasteiger partial charge in [0, 0.05) is 23.8 Å². The van der Waals surface area contributed by atoms with Gasteiger partial charge in [0.05, 0.1) is 0 Å². The second-order valence-electron chi connectivity index (χ2n) is 9.42. The Morgan fingerprint density at radius 2 is 0.774 bits per heavy atom. The van der Waals surface area contributed by atoms with Crippen molar-refractivity contribution in [2.75, 3.05) is 9.80 Å². The van der Waals surface area contributed by atoms with E-state index >= 15 is 0 Å². The summed E-state index contributed by atoms with van der Waals surface area (Å²) in [6.07, 6.45) is 4.43. The summed E-state index contributed by atoms with van der Waals surface area (Å²) in [6.45, 7) is 20.5. The molecule has 3 rings (SSSR count). The molecule has 0 fully saturated rings. The Balaban J connectivity index is 0.00000240. The summed E-state index contributed by atoms with van der Waals surface area (Å²) in [5, 5.41) is 0. The van der Waals surface area contributed by atoms with Gasteiger partial charge >= 0.3 is 22.4 Å². The molecule has 2 aromatic carbocycles. The van der Waals surface area contributed by atoms with Crippen molar-refractivity contribution in [3.8, 4) is 0 Å². The molecule has 2 nitrogen and oxygen atoms in total. The van der Waals surface area contributed by atoms with E-state index in [2.05, 4.69) is 121 Å². The number of hydrogen-bond acceptors (Lipinski definition) is 2. The van der Waals surface area contributed by atoms with Gasteiger partial charge in [0.2, 0.25) is 0 Å². The van der Waals surface area contributed by atoms with Crippen LogP contribution in [0.3, 0.4) is 0 Å². The van der Waals surface area contributed by atoms with Gasteiger partial charge in [-0.25, -0.2) is 0 Å². The van der Waals surface area contributed by atoms with Crippen LogP contribution in [0.1, 0.15) is 101 Å². The van der Waals surface area contributed by atoms with Crippen LogP contribution in [0.15, 0.2) is 48.8 Å². The molecule has 0 aromatic heterocycles. The van der Waals surface area contributed by atoms with Gasteiger partial charge in [-0.2, -0.15) is 0 Å². The smallest absolute Gasteiger partial charge is 1.00 e. The second kappa shape index (κ2) is 11.6. The quantitative estimate of drug-likeness (QED) is 0.478. The Morgan fingerprint density at radius 1 is 0.516 bits per heavy atom. The molecular formula is C27H37AgClN2. The first kappa shape index (κ1) is 27.8. The van der Waals surface area contributed by atoms with Crippen molar-refractivity contribution in [2.45, 2.75) is 79.1 Å². The minimum Gasteiger partial charge on any atom is -1.00 e. The Kier molecular flexibility index (Phi) is 10.4. The number of para-hydroxylation sites is 2. The van der Waals surface area contributed by atoms with E-state index in [0.717, 1.165) is 0 Å². The third-order valence-corrected chi connectivity index (χ3v) is 5.84. The van der Waals surface area contributed by atoms with Crippen molar-refractivity contribution in [3.05, 3.63) is 77.7 Å². The van der Waals surface area contributed by atoms with Gasteiger partial charge in [-0.15, -0.1) is 0 Å². The zero-order chi connectivity index (χ0) is 21.3. The maximum Gasteiger partial charge on any atom is 1.00 e. The van der Waals surface area contributed by atoms with Crippen LogP contribution in [0, 0.1) is 6.67 Å². The minimum atomic E-state index is 0. The number of halogens is 1. The summed E-state index contributed by atoms with van der Waals surface area (Å²) in [6, 6.07) is 13.5. The van der Waals surface area contributed by atoms with Crippen LogP contribution < -0.4 is 22.2 Å². The zero-order valence-electron chi connectivity index (χ0n) is 20.1. The molecule has 0 saturated heterocycles. The molecule has 1 heterocycles. The third kappa shape index (κ3) is 5.79. The predicted molar refractivity (Wildman–Crippen MR) is 128 cm³/mol. The largest absolute Gasteiger partial charge is 1.00 e. The van der Waals surface area contributed by atoms with E-state index in [1.807, 2.05) is 0 Å². The van der Waals surface area contributed by atoms with E-state index in [0.29, 0.717) is 23.7 Å². The summed E-state index contributed by atoms with van der Waals surface area (Å²) < 4.78 is 0. The number of nitrogens with zero attached hydrogens (tertiary/aromatic N) is 2. The fraction of sp³-hybridized carbons (Fsp3) is 0.444. The van der Waals surface area contributed by atoms with E-state index in [1.54, 1.807) is 0 Å². The maximum absolute atomic E-state index is 2.33. The number of anilines is 2. The summed E-state index contributed by atoms with van der Waals surface area (Å²) in [5.41, 5.74) is 8.29. The Labute approximate surface area is 212 Å². The minimum absolute atomic E-state index is 0. The molecule has 1 aliphatic rings. The first-order valence-corrected chi connectivity index (χ1v) is 11.1.